The first-order valence-corrected chi connectivity index (χ1v) is 6.98. The van der Waals surface area contributed by atoms with Crippen LogP contribution < -0.4 is 0 Å². The Balaban J connectivity index is 1.88. The topological polar surface area (TPSA) is 86.7 Å². The van der Waals surface area contributed by atoms with Crippen LogP contribution in [-0.2, 0) is 0 Å². The van der Waals surface area contributed by atoms with Gasteiger partial charge in [-0.2, -0.15) is 4.68 Å². The average molecular weight is 305 g/mol. The monoisotopic (exact) mass is 305 g/mol. The Morgan fingerprint density at radius 2 is 1.96 bits per heavy atom. The molecule has 4 aromatic rings. The van der Waals surface area contributed by atoms with E-state index in [4.69, 9.17) is 4.52 Å². The highest BCUT2D eigenvalue weighted by atomic mass is 16.5. The largest absolute Gasteiger partial charge is 0.360 e. The summed E-state index contributed by atoms with van der Waals surface area (Å²) in [5.74, 6) is 0.0530. The third-order valence-electron chi connectivity index (χ3n) is 3.52. The van der Waals surface area contributed by atoms with Gasteiger partial charge in [0.2, 0.25) is 0 Å². The highest BCUT2D eigenvalue weighted by molar-refractivity contribution is 6.04. The van der Waals surface area contributed by atoms with Crippen molar-refractivity contribution in [3.63, 3.8) is 0 Å². The number of pyridine rings is 1. The fourth-order valence-corrected chi connectivity index (χ4v) is 2.42. The van der Waals surface area contributed by atoms with E-state index in [9.17, 15) is 4.79 Å². The van der Waals surface area contributed by atoms with Gasteiger partial charge in [-0.05, 0) is 19.1 Å². The predicted octanol–water partition coefficient (Wildman–Crippen LogP) is 2.48. The van der Waals surface area contributed by atoms with Crippen molar-refractivity contribution in [2.75, 3.05) is 0 Å². The number of aromatic nitrogens is 5. The molecule has 0 spiro atoms. The van der Waals surface area contributed by atoms with Gasteiger partial charge in [-0.15, -0.1) is 5.10 Å². The molecule has 0 bridgehead atoms. The Bertz CT molecular complexity index is 1000. The van der Waals surface area contributed by atoms with Crippen LogP contribution in [0.25, 0.3) is 22.4 Å². The highest BCUT2D eigenvalue weighted by Crippen LogP contribution is 2.26. The lowest BCUT2D eigenvalue weighted by Gasteiger charge is -2.02. The Labute approximate surface area is 130 Å². The third-order valence-corrected chi connectivity index (χ3v) is 3.52. The van der Waals surface area contributed by atoms with E-state index in [0.29, 0.717) is 28.2 Å². The SMILES string of the molecule is Cc1onc(-c2ccccc2)c1C(=O)n1nnc2cccnc21. The number of benzene rings is 1. The number of rotatable bonds is 2. The fraction of sp³-hybridized carbons (Fsp3) is 0.0625. The second-order valence-corrected chi connectivity index (χ2v) is 4.98. The van der Waals surface area contributed by atoms with Gasteiger partial charge in [0, 0.05) is 11.8 Å². The minimum atomic E-state index is -0.371. The van der Waals surface area contributed by atoms with Crippen molar-refractivity contribution in [2.45, 2.75) is 6.92 Å². The summed E-state index contributed by atoms with van der Waals surface area (Å²) in [7, 11) is 0. The van der Waals surface area contributed by atoms with Crippen molar-refractivity contribution in [1.29, 1.82) is 0 Å². The average Bonchev–Trinajstić information content (AvgIpc) is 3.19. The molecule has 0 saturated heterocycles. The van der Waals surface area contributed by atoms with Crippen LogP contribution in [0.1, 0.15) is 16.1 Å². The molecule has 3 heterocycles. The molecule has 0 atom stereocenters. The smallest absolute Gasteiger partial charge is 0.287 e. The van der Waals surface area contributed by atoms with Crippen LogP contribution in [0.2, 0.25) is 0 Å². The van der Waals surface area contributed by atoms with Crippen LogP contribution >= 0.6 is 0 Å². The summed E-state index contributed by atoms with van der Waals surface area (Å²) in [6, 6.07) is 12.9. The summed E-state index contributed by atoms with van der Waals surface area (Å²) >= 11 is 0. The molecule has 0 unspecified atom stereocenters. The molecule has 7 nitrogen and oxygen atoms in total. The lowest BCUT2D eigenvalue weighted by atomic mass is 10.1. The molecule has 0 radical (unpaired) electrons. The zero-order valence-electron chi connectivity index (χ0n) is 12.2. The number of hydrogen-bond acceptors (Lipinski definition) is 6. The lowest BCUT2D eigenvalue weighted by Crippen LogP contribution is -2.15. The molecule has 0 aliphatic heterocycles. The van der Waals surface area contributed by atoms with Crippen molar-refractivity contribution < 1.29 is 9.32 Å². The molecule has 1 aromatic carbocycles. The van der Waals surface area contributed by atoms with E-state index in [1.807, 2.05) is 30.3 Å². The summed E-state index contributed by atoms with van der Waals surface area (Å²) in [6.45, 7) is 1.69. The lowest BCUT2D eigenvalue weighted by molar-refractivity contribution is 0.0946. The van der Waals surface area contributed by atoms with E-state index in [1.165, 1.54) is 4.68 Å². The first-order chi connectivity index (χ1) is 11.3. The van der Waals surface area contributed by atoms with E-state index in [2.05, 4.69) is 20.5 Å². The highest BCUT2D eigenvalue weighted by Gasteiger charge is 2.25. The van der Waals surface area contributed by atoms with E-state index in [0.717, 1.165) is 5.56 Å². The van der Waals surface area contributed by atoms with Gasteiger partial charge >= 0.3 is 0 Å². The van der Waals surface area contributed by atoms with Gasteiger partial charge in [-0.1, -0.05) is 40.7 Å². The van der Waals surface area contributed by atoms with E-state index < -0.39 is 0 Å². The zero-order valence-corrected chi connectivity index (χ0v) is 12.2. The minimum absolute atomic E-state index is 0.355. The van der Waals surface area contributed by atoms with E-state index >= 15 is 0 Å². The Kier molecular flexibility index (Phi) is 2.97. The second-order valence-electron chi connectivity index (χ2n) is 4.98. The summed E-state index contributed by atoms with van der Waals surface area (Å²) in [5, 5.41) is 11.9. The van der Waals surface area contributed by atoms with Gasteiger partial charge in [0.1, 0.15) is 22.5 Å². The van der Waals surface area contributed by atoms with Crippen molar-refractivity contribution >= 4 is 17.1 Å². The summed E-state index contributed by atoms with van der Waals surface area (Å²) < 4.78 is 6.40. The van der Waals surface area contributed by atoms with Crippen LogP contribution in [0.15, 0.2) is 53.2 Å². The maximum atomic E-state index is 12.9. The molecule has 0 fully saturated rings. The summed E-state index contributed by atoms with van der Waals surface area (Å²) in [6.07, 6.45) is 1.59. The first kappa shape index (κ1) is 13.3. The maximum absolute atomic E-state index is 12.9. The third kappa shape index (κ3) is 2.10. The molecule has 23 heavy (non-hydrogen) atoms. The fourth-order valence-electron chi connectivity index (χ4n) is 2.42. The predicted molar refractivity (Wildman–Crippen MR) is 81.7 cm³/mol. The number of carbonyl (C=O) groups is 1. The quantitative estimate of drug-likeness (QED) is 0.565. The van der Waals surface area contributed by atoms with Crippen molar-refractivity contribution in [3.8, 4) is 11.3 Å². The molecule has 0 amide bonds. The minimum Gasteiger partial charge on any atom is -0.360 e. The van der Waals surface area contributed by atoms with Crippen LogP contribution in [0.4, 0.5) is 0 Å². The van der Waals surface area contributed by atoms with Gasteiger partial charge < -0.3 is 4.52 Å². The first-order valence-electron chi connectivity index (χ1n) is 6.98. The molecule has 0 aliphatic rings. The Hall–Kier alpha value is -3.35. The molecule has 3 aromatic heterocycles. The second kappa shape index (κ2) is 5.13. The molecule has 0 N–H and O–H groups in total. The number of fused-ring (bicyclic) bond motifs is 1. The van der Waals surface area contributed by atoms with E-state index in [-0.39, 0.29) is 5.91 Å². The van der Waals surface area contributed by atoms with Crippen LogP contribution in [0.5, 0.6) is 0 Å². The Morgan fingerprint density at radius 3 is 2.78 bits per heavy atom. The van der Waals surface area contributed by atoms with E-state index in [1.54, 1.807) is 25.3 Å². The van der Waals surface area contributed by atoms with Gasteiger partial charge in [0.05, 0.1) is 0 Å². The molecule has 0 aliphatic carbocycles. The molecule has 7 heteroatoms. The van der Waals surface area contributed by atoms with Crippen LogP contribution in [-0.4, -0.2) is 31.0 Å². The van der Waals surface area contributed by atoms with Crippen molar-refractivity contribution in [1.82, 2.24) is 25.1 Å². The normalized spacial score (nSPS) is 11.0. The molecular weight excluding hydrogens is 294 g/mol. The van der Waals surface area contributed by atoms with Gasteiger partial charge in [0.15, 0.2) is 5.65 Å². The molecule has 112 valence electrons. The van der Waals surface area contributed by atoms with Crippen molar-refractivity contribution in [2.24, 2.45) is 0 Å². The maximum Gasteiger partial charge on any atom is 0.287 e. The molecule has 4 rings (SSSR count). The van der Waals surface area contributed by atoms with Crippen molar-refractivity contribution in [3.05, 3.63) is 60.0 Å². The summed E-state index contributed by atoms with van der Waals surface area (Å²) in [5.41, 5.74) is 2.58. The zero-order chi connectivity index (χ0) is 15.8. The number of nitrogens with zero attached hydrogens (tertiary/aromatic N) is 5. The number of aryl methyl sites for hydroxylation is 1. The van der Waals surface area contributed by atoms with Crippen LogP contribution in [0, 0.1) is 6.92 Å². The van der Waals surface area contributed by atoms with Crippen LogP contribution in [0.3, 0.4) is 0 Å². The summed E-state index contributed by atoms with van der Waals surface area (Å²) in [4.78, 5) is 17.1. The van der Waals surface area contributed by atoms with Gasteiger partial charge in [-0.3, -0.25) is 4.79 Å². The number of hydrogen-bond donors (Lipinski definition) is 0. The molecule has 0 saturated carbocycles. The van der Waals surface area contributed by atoms with Gasteiger partial charge in [-0.25, -0.2) is 4.98 Å². The molecular formula is C16H11N5O2. The standard InChI is InChI=1S/C16H11N5O2/c1-10-13(14(19-23-10)11-6-3-2-4-7-11)16(22)21-15-12(18-20-21)8-5-9-17-15/h2-9H,1H3. The van der Waals surface area contributed by atoms with Gasteiger partial charge in [0.25, 0.3) is 5.91 Å². The number of carbonyl (C=O) groups excluding carboxylic acids is 1. The Morgan fingerprint density at radius 1 is 1.13 bits per heavy atom.